The summed E-state index contributed by atoms with van der Waals surface area (Å²) in [4.78, 5) is 13.4. The van der Waals surface area contributed by atoms with Crippen LogP contribution in [0.15, 0.2) is 81.7 Å². The Kier molecular flexibility index (Phi) is 8.34. The number of nitrogens with one attached hydrogen (secondary N) is 1. The fourth-order valence-electron chi connectivity index (χ4n) is 5.36. The van der Waals surface area contributed by atoms with Gasteiger partial charge in [-0.1, -0.05) is 65.3 Å². The second kappa shape index (κ2) is 12.0. The monoisotopic (exact) mass is 565 g/mol. The minimum Gasteiger partial charge on any atom is -0.458 e. The fraction of sp³-hybridized carbons (Fsp3) is 0.314. The van der Waals surface area contributed by atoms with Gasteiger partial charge in [-0.05, 0) is 82.0 Å². The van der Waals surface area contributed by atoms with Gasteiger partial charge in [0, 0.05) is 10.9 Å². The lowest BCUT2D eigenvalue weighted by atomic mass is 9.93. The summed E-state index contributed by atoms with van der Waals surface area (Å²) in [5.74, 6) is 1.24. The van der Waals surface area contributed by atoms with E-state index in [2.05, 4.69) is 42.5 Å². The number of carbonyl (C=O) groups is 1. The average Bonchev–Trinajstić information content (AvgIpc) is 3.50. The summed E-state index contributed by atoms with van der Waals surface area (Å²) in [6, 6.07) is 23.9. The third-order valence-corrected chi connectivity index (χ3v) is 7.37. The van der Waals surface area contributed by atoms with Crippen LogP contribution in [-0.2, 0) is 16.0 Å². The molecule has 1 amide bonds. The van der Waals surface area contributed by atoms with E-state index in [1.54, 1.807) is 0 Å². The van der Waals surface area contributed by atoms with Gasteiger partial charge in [0.2, 0.25) is 5.91 Å². The van der Waals surface area contributed by atoms with Crippen LogP contribution >= 0.6 is 0 Å². The first kappa shape index (κ1) is 29.3. The predicted molar refractivity (Wildman–Crippen MR) is 164 cm³/mol. The van der Waals surface area contributed by atoms with Crippen LogP contribution in [0.1, 0.15) is 76.6 Å². The summed E-state index contributed by atoms with van der Waals surface area (Å²) in [7, 11) is 0. The van der Waals surface area contributed by atoms with Gasteiger partial charge in [-0.25, -0.2) is 0 Å². The highest BCUT2D eigenvalue weighted by Crippen LogP contribution is 2.35. The van der Waals surface area contributed by atoms with E-state index in [-0.39, 0.29) is 18.4 Å². The number of nitrogens with zero attached hydrogens (tertiary/aromatic N) is 1. The van der Waals surface area contributed by atoms with E-state index in [1.807, 2.05) is 82.3 Å². The molecule has 0 unspecified atom stereocenters. The largest absolute Gasteiger partial charge is 0.458 e. The highest BCUT2D eigenvalue weighted by atomic mass is 16.5. The second-order valence-corrected chi connectivity index (χ2v) is 11.9. The molecule has 3 N–H and O–H groups in total. The minimum atomic E-state index is -0.529. The molecule has 5 rings (SSSR count). The zero-order chi connectivity index (χ0) is 30.0. The Labute approximate surface area is 247 Å². The summed E-state index contributed by atoms with van der Waals surface area (Å²) in [5, 5.41) is 8.28. The molecule has 0 fully saturated rings. The Balaban J connectivity index is 1.40. The molecule has 0 aliphatic rings. The fourth-order valence-corrected chi connectivity index (χ4v) is 5.36. The molecule has 2 atom stereocenters. The van der Waals surface area contributed by atoms with Crippen molar-refractivity contribution in [2.45, 2.75) is 65.6 Å². The van der Waals surface area contributed by atoms with Gasteiger partial charge in [-0.2, -0.15) is 0 Å². The molecule has 42 heavy (non-hydrogen) atoms. The van der Waals surface area contributed by atoms with Gasteiger partial charge >= 0.3 is 0 Å². The third-order valence-electron chi connectivity index (χ3n) is 7.37. The number of nitrogens with two attached hydrogens (primary N) is 1. The van der Waals surface area contributed by atoms with E-state index in [0.29, 0.717) is 23.7 Å². The summed E-state index contributed by atoms with van der Waals surface area (Å²) >= 11 is 0. The number of rotatable bonds is 10. The van der Waals surface area contributed by atoms with Crippen LogP contribution in [-0.4, -0.2) is 23.2 Å². The minimum absolute atomic E-state index is 0.0611. The van der Waals surface area contributed by atoms with Crippen LogP contribution < -0.4 is 11.1 Å². The number of aromatic nitrogens is 1. The number of amides is 1. The van der Waals surface area contributed by atoms with E-state index < -0.39 is 11.6 Å². The predicted octanol–water partition coefficient (Wildman–Crippen LogP) is 6.95. The Morgan fingerprint density at radius 3 is 2.43 bits per heavy atom. The summed E-state index contributed by atoms with van der Waals surface area (Å²) < 4.78 is 18.0. The molecule has 7 heteroatoms. The number of hydrogen-bond acceptors (Lipinski definition) is 6. The number of benzene rings is 3. The van der Waals surface area contributed by atoms with Crippen molar-refractivity contribution in [3.8, 4) is 0 Å². The third kappa shape index (κ3) is 6.64. The highest BCUT2D eigenvalue weighted by Gasteiger charge is 2.28. The molecule has 2 aromatic heterocycles. The molecule has 0 aliphatic heterocycles. The van der Waals surface area contributed by atoms with Crippen molar-refractivity contribution in [2.24, 2.45) is 5.73 Å². The Morgan fingerprint density at radius 2 is 1.76 bits per heavy atom. The van der Waals surface area contributed by atoms with Gasteiger partial charge in [0.15, 0.2) is 0 Å². The van der Waals surface area contributed by atoms with E-state index in [0.717, 1.165) is 38.9 Å². The maximum absolute atomic E-state index is 13.4. The first-order chi connectivity index (χ1) is 20.0. The molecule has 218 valence electrons. The van der Waals surface area contributed by atoms with Crippen molar-refractivity contribution in [1.82, 2.24) is 10.5 Å². The van der Waals surface area contributed by atoms with Gasteiger partial charge in [0.25, 0.3) is 0 Å². The molecule has 3 aromatic carbocycles. The van der Waals surface area contributed by atoms with E-state index in [4.69, 9.17) is 19.4 Å². The summed E-state index contributed by atoms with van der Waals surface area (Å²) in [6.45, 7) is 12.0. The van der Waals surface area contributed by atoms with Crippen molar-refractivity contribution in [3.05, 3.63) is 123 Å². The van der Waals surface area contributed by atoms with E-state index >= 15 is 0 Å². The van der Waals surface area contributed by atoms with Crippen molar-refractivity contribution in [1.29, 1.82) is 0 Å². The molecule has 0 bridgehead atoms. The zero-order valence-corrected chi connectivity index (χ0v) is 25.2. The van der Waals surface area contributed by atoms with E-state index in [1.165, 1.54) is 5.56 Å². The molecule has 5 aromatic rings. The number of ether oxygens (including phenoxy) is 1. The lowest BCUT2D eigenvalue weighted by molar-refractivity contribution is -0.120. The quantitative estimate of drug-likeness (QED) is 0.190. The van der Waals surface area contributed by atoms with Crippen LogP contribution in [0.25, 0.3) is 11.0 Å². The number of carbonyl (C=O) groups excluding carboxylic acids is 1. The molecule has 0 spiro atoms. The second-order valence-electron chi connectivity index (χ2n) is 11.9. The summed E-state index contributed by atoms with van der Waals surface area (Å²) in [5.41, 5.74) is 13.3. The average molecular weight is 566 g/mol. The van der Waals surface area contributed by atoms with Crippen LogP contribution in [0.2, 0.25) is 0 Å². The molecule has 0 saturated heterocycles. The highest BCUT2D eigenvalue weighted by molar-refractivity contribution is 5.83. The van der Waals surface area contributed by atoms with Crippen molar-refractivity contribution in [3.63, 3.8) is 0 Å². The maximum atomic E-state index is 13.4. The molecule has 7 nitrogen and oxygen atoms in total. The molecule has 0 aliphatic carbocycles. The SMILES string of the molecule is Cc1ccc([C@@H](NC(=O)Cc2ccc3oc([C@@H](OCC(C)(C)N)c4c(C)noc4C)cc3c2)c2ccccc2)c(C)c1. The van der Waals surface area contributed by atoms with Crippen LogP contribution in [0.3, 0.4) is 0 Å². The van der Waals surface area contributed by atoms with Crippen LogP contribution in [0, 0.1) is 27.7 Å². The maximum Gasteiger partial charge on any atom is 0.225 e. The van der Waals surface area contributed by atoms with Gasteiger partial charge in [0.1, 0.15) is 23.2 Å². The van der Waals surface area contributed by atoms with Crippen molar-refractivity contribution < 1.29 is 18.5 Å². The molecule has 0 radical (unpaired) electrons. The van der Waals surface area contributed by atoms with Gasteiger partial charge in [-0.3, -0.25) is 4.79 Å². The number of hydrogen-bond donors (Lipinski definition) is 2. The smallest absolute Gasteiger partial charge is 0.225 e. The van der Waals surface area contributed by atoms with Crippen LogP contribution in [0.4, 0.5) is 0 Å². The number of fused-ring (bicyclic) bond motifs is 1. The van der Waals surface area contributed by atoms with Gasteiger partial charge < -0.3 is 24.7 Å². The Bertz CT molecular complexity index is 1680. The Morgan fingerprint density at radius 1 is 1.00 bits per heavy atom. The number of aryl methyl sites for hydroxylation is 4. The lowest BCUT2D eigenvalue weighted by Crippen LogP contribution is -2.38. The molecule has 2 heterocycles. The topological polar surface area (TPSA) is 104 Å². The van der Waals surface area contributed by atoms with E-state index in [9.17, 15) is 4.79 Å². The van der Waals surface area contributed by atoms with Crippen molar-refractivity contribution >= 4 is 16.9 Å². The van der Waals surface area contributed by atoms with Gasteiger partial charge in [-0.15, -0.1) is 0 Å². The van der Waals surface area contributed by atoms with Gasteiger partial charge in [0.05, 0.1) is 30.3 Å². The lowest BCUT2D eigenvalue weighted by Gasteiger charge is -2.23. The number of furan rings is 1. The summed E-state index contributed by atoms with van der Waals surface area (Å²) in [6.07, 6.45) is -0.293. The Hall–Kier alpha value is -4.20. The molecular weight excluding hydrogens is 526 g/mol. The first-order valence-corrected chi connectivity index (χ1v) is 14.3. The normalized spacial score (nSPS) is 13.3. The first-order valence-electron chi connectivity index (χ1n) is 14.3. The molecule has 0 saturated carbocycles. The van der Waals surface area contributed by atoms with Crippen molar-refractivity contribution in [2.75, 3.05) is 6.61 Å². The standard InChI is InChI=1S/C35H39N3O4/c1-21-12-14-28(22(2)16-21)33(26-10-8-7-9-11-26)37-31(39)18-25-13-15-29-27(17-25)19-30(41-29)34(40-20-35(5,6)36)32-23(3)38-42-24(32)4/h7-17,19,33-34H,18,20,36H2,1-6H3,(H,37,39)/t33-,34+/m0/s1. The molecular formula is C35H39N3O4. The van der Waals surface area contributed by atoms with Crippen LogP contribution in [0.5, 0.6) is 0 Å². The zero-order valence-electron chi connectivity index (χ0n) is 25.2.